The zero-order chi connectivity index (χ0) is 11.7. The van der Waals surface area contributed by atoms with Gasteiger partial charge >= 0.3 is 0 Å². The SMILES string of the molecule is Cc1cc(F)c(C(=O)CC2CCC2)cc1F. The molecule has 1 fully saturated rings. The maximum atomic E-state index is 13.5. The Morgan fingerprint density at radius 1 is 1.31 bits per heavy atom. The fourth-order valence-corrected chi connectivity index (χ4v) is 1.93. The minimum Gasteiger partial charge on any atom is -0.294 e. The van der Waals surface area contributed by atoms with Crippen molar-refractivity contribution in [1.29, 1.82) is 0 Å². The molecule has 1 aliphatic carbocycles. The second-order valence-corrected chi connectivity index (χ2v) is 4.51. The summed E-state index contributed by atoms with van der Waals surface area (Å²) in [6.07, 6.45) is 3.55. The zero-order valence-corrected chi connectivity index (χ0v) is 9.22. The van der Waals surface area contributed by atoms with Crippen molar-refractivity contribution in [2.24, 2.45) is 5.92 Å². The number of hydrogen-bond donors (Lipinski definition) is 0. The number of halogens is 2. The van der Waals surface area contributed by atoms with E-state index in [2.05, 4.69) is 0 Å². The van der Waals surface area contributed by atoms with Crippen molar-refractivity contribution in [3.8, 4) is 0 Å². The van der Waals surface area contributed by atoms with Crippen LogP contribution >= 0.6 is 0 Å². The lowest BCUT2D eigenvalue weighted by atomic mass is 9.81. The Kier molecular flexibility index (Phi) is 3.03. The molecule has 0 saturated heterocycles. The molecular weight excluding hydrogens is 210 g/mol. The predicted molar refractivity (Wildman–Crippen MR) is 57.4 cm³/mol. The largest absolute Gasteiger partial charge is 0.294 e. The van der Waals surface area contributed by atoms with E-state index >= 15 is 0 Å². The van der Waals surface area contributed by atoms with Crippen molar-refractivity contribution in [3.63, 3.8) is 0 Å². The lowest BCUT2D eigenvalue weighted by molar-refractivity contribution is 0.0932. The molecule has 0 aliphatic heterocycles. The highest BCUT2D eigenvalue weighted by atomic mass is 19.1. The van der Waals surface area contributed by atoms with Gasteiger partial charge in [0.25, 0.3) is 0 Å². The lowest BCUT2D eigenvalue weighted by Gasteiger charge is -2.24. The molecule has 86 valence electrons. The van der Waals surface area contributed by atoms with Crippen LogP contribution in [0.3, 0.4) is 0 Å². The summed E-state index contributed by atoms with van der Waals surface area (Å²) in [7, 11) is 0. The number of Topliss-reactive ketones (excluding diaryl/α,β-unsaturated/α-hetero) is 1. The topological polar surface area (TPSA) is 17.1 Å². The Hall–Kier alpha value is -1.25. The first-order valence-corrected chi connectivity index (χ1v) is 5.57. The van der Waals surface area contributed by atoms with E-state index in [1.807, 2.05) is 0 Å². The van der Waals surface area contributed by atoms with Gasteiger partial charge in [-0.1, -0.05) is 19.3 Å². The van der Waals surface area contributed by atoms with Crippen LogP contribution in [-0.4, -0.2) is 5.78 Å². The van der Waals surface area contributed by atoms with Crippen molar-refractivity contribution < 1.29 is 13.6 Å². The van der Waals surface area contributed by atoms with E-state index in [1.54, 1.807) is 0 Å². The van der Waals surface area contributed by atoms with E-state index < -0.39 is 11.6 Å². The number of carbonyl (C=O) groups is 1. The first-order valence-electron chi connectivity index (χ1n) is 5.57. The summed E-state index contributed by atoms with van der Waals surface area (Å²) in [4.78, 5) is 11.7. The van der Waals surface area contributed by atoms with Gasteiger partial charge in [0.15, 0.2) is 5.78 Å². The van der Waals surface area contributed by atoms with Crippen molar-refractivity contribution in [3.05, 3.63) is 34.9 Å². The highest BCUT2D eigenvalue weighted by Gasteiger charge is 2.23. The van der Waals surface area contributed by atoms with Gasteiger partial charge in [-0.05, 0) is 30.5 Å². The quantitative estimate of drug-likeness (QED) is 0.716. The van der Waals surface area contributed by atoms with Crippen LogP contribution in [0.2, 0.25) is 0 Å². The molecule has 0 aromatic heterocycles. The highest BCUT2D eigenvalue weighted by molar-refractivity contribution is 5.96. The summed E-state index contributed by atoms with van der Waals surface area (Å²) in [5.74, 6) is -1.03. The van der Waals surface area contributed by atoms with Crippen LogP contribution in [0.4, 0.5) is 8.78 Å². The van der Waals surface area contributed by atoms with Gasteiger partial charge in [-0.3, -0.25) is 4.79 Å². The molecule has 0 amide bonds. The zero-order valence-electron chi connectivity index (χ0n) is 9.22. The van der Waals surface area contributed by atoms with Crippen molar-refractivity contribution in [2.75, 3.05) is 0 Å². The summed E-state index contributed by atoms with van der Waals surface area (Å²) in [5.41, 5.74) is 0.132. The van der Waals surface area contributed by atoms with E-state index in [1.165, 1.54) is 6.92 Å². The average molecular weight is 224 g/mol. The van der Waals surface area contributed by atoms with Crippen molar-refractivity contribution >= 4 is 5.78 Å². The van der Waals surface area contributed by atoms with Gasteiger partial charge in [-0.15, -0.1) is 0 Å². The molecule has 0 N–H and O–H groups in total. The summed E-state index contributed by atoms with van der Waals surface area (Å²) >= 11 is 0. The van der Waals surface area contributed by atoms with Gasteiger partial charge in [0.05, 0.1) is 5.56 Å². The Morgan fingerprint density at radius 2 is 2.00 bits per heavy atom. The number of aryl methyl sites for hydroxylation is 1. The van der Waals surface area contributed by atoms with Crippen LogP contribution in [0.25, 0.3) is 0 Å². The van der Waals surface area contributed by atoms with Gasteiger partial charge in [0, 0.05) is 6.42 Å². The van der Waals surface area contributed by atoms with Crippen LogP contribution in [0, 0.1) is 24.5 Å². The fourth-order valence-electron chi connectivity index (χ4n) is 1.93. The Labute approximate surface area is 93.5 Å². The summed E-state index contributed by atoms with van der Waals surface area (Å²) < 4.78 is 26.7. The monoisotopic (exact) mass is 224 g/mol. The number of ketones is 1. The van der Waals surface area contributed by atoms with Crippen LogP contribution in [-0.2, 0) is 0 Å². The number of benzene rings is 1. The van der Waals surface area contributed by atoms with Gasteiger partial charge < -0.3 is 0 Å². The maximum absolute atomic E-state index is 13.5. The molecular formula is C13H14F2O. The van der Waals surface area contributed by atoms with Gasteiger partial charge in [0.2, 0.25) is 0 Å². The van der Waals surface area contributed by atoms with E-state index in [4.69, 9.17) is 0 Å². The third-order valence-electron chi connectivity index (χ3n) is 3.25. The van der Waals surface area contributed by atoms with Crippen molar-refractivity contribution in [1.82, 2.24) is 0 Å². The van der Waals surface area contributed by atoms with E-state index in [0.717, 1.165) is 31.4 Å². The second kappa shape index (κ2) is 4.32. The third kappa shape index (κ3) is 2.13. The minimum atomic E-state index is -0.608. The first kappa shape index (κ1) is 11.2. The molecule has 0 heterocycles. The number of carbonyl (C=O) groups excluding carboxylic acids is 1. The minimum absolute atomic E-state index is 0.102. The molecule has 3 heteroatoms. The second-order valence-electron chi connectivity index (χ2n) is 4.51. The number of hydrogen-bond acceptors (Lipinski definition) is 1. The lowest BCUT2D eigenvalue weighted by Crippen LogP contribution is -2.17. The van der Waals surface area contributed by atoms with Crippen molar-refractivity contribution in [2.45, 2.75) is 32.6 Å². The molecule has 0 bridgehead atoms. The molecule has 0 unspecified atom stereocenters. The first-order chi connectivity index (χ1) is 7.58. The molecule has 2 rings (SSSR count). The van der Waals surface area contributed by atoms with E-state index in [9.17, 15) is 13.6 Å². The Balaban J connectivity index is 2.18. The molecule has 1 aromatic carbocycles. The van der Waals surface area contributed by atoms with E-state index in [0.29, 0.717) is 12.3 Å². The smallest absolute Gasteiger partial charge is 0.166 e. The normalized spacial score (nSPS) is 15.9. The molecule has 16 heavy (non-hydrogen) atoms. The third-order valence-corrected chi connectivity index (χ3v) is 3.25. The molecule has 0 atom stereocenters. The highest BCUT2D eigenvalue weighted by Crippen LogP contribution is 2.31. The van der Waals surface area contributed by atoms with Gasteiger partial charge in [-0.2, -0.15) is 0 Å². The van der Waals surface area contributed by atoms with Gasteiger partial charge in [0.1, 0.15) is 11.6 Å². The Morgan fingerprint density at radius 3 is 2.56 bits per heavy atom. The molecule has 1 nitrogen and oxygen atoms in total. The summed E-state index contributed by atoms with van der Waals surface area (Å²) in [5, 5.41) is 0. The predicted octanol–water partition coefficient (Wildman–Crippen LogP) is 3.65. The van der Waals surface area contributed by atoms with Crippen LogP contribution in [0.5, 0.6) is 0 Å². The number of rotatable bonds is 3. The molecule has 1 aromatic rings. The van der Waals surface area contributed by atoms with Crippen LogP contribution in [0.1, 0.15) is 41.6 Å². The van der Waals surface area contributed by atoms with Crippen LogP contribution in [0.15, 0.2) is 12.1 Å². The average Bonchev–Trinajstić information content (AvgIpc) is 2.17. The maximum Gasteiger partial charge on any atom is 0.166 e. The van der Waals surface area contributed by atoms with E-state index in [-0.39, 0.29) is 16.9 Å². The molecule has 0 spiro atoms. The van der Waals surface area contributed by atoms with Gasteiger partial charge in [-0.25, -0.2) is 8.78 Å². The van der Waals surface area contributed by atoms with Crippen LogP contribution < -0.4 is 0 Å². The standard InChI is InChI=1S/C13H14F2O/c1-8-5-12(15)10(7-11(8)14)13(16)6-9-3-2-4-9/h5,7,9H,2-4,6H2,1H3. The summed E-state index contributed by atoms with van der Waals surface area (Å²) in [6, 6.07) is 2.11. The molecule has 1 aliphatic rings. The summed E-state index contributed by atoms with van der Waals surface area (Å²) in [6.45, 7) is 1.48. The molecule has 1 saturated carbocycles. The Bertz CT molecular complexity index is 422. The molecule has 0 radical (unpaired) electrons. The fraction of sp³-hybridized carbons (Fsp3) is 0.462.